The van der Waals surface area contributed by atoms with E-state index in [1.54, 1.807) is 18.2 Å². The van der Waals surface area contributed by atoms with E-state index in [2.05, 4.69) is 26.1 Å². The number of aromatic hydroxyl groups is 1. The number of aryl methyl sites for hydroxylation is 1. The van der Waals surface area contributed by atoms with Crippen LogP contribution in [0.5, 0.6) is 5.75 Å². The molecule has 0 aliphatic carbocycles. The fourth-order valence-corrected chi connectivity index (χ4v) is 2.89. The fourth-order valence-electron chi connectivity index (χ4n) is 2.89. The molecule has 118 valence electrons. The summed E-state index contributed by atoms with van der Waals surface area (Å²) in [7, 11) is 2.10. The lowest BCUT2D eigenvalue weighted by atomic mass is 10.1. The van der Waals surface area contributed by atoms with Crippen molar-refractivity contribution in [2.75, 3.05) is 7.05 Å². The van der Waals surface area contributed by atoms with Crippen molar-refractivity contribution in [3.63, 3.8) is 0 Å². The first-order chi connectivity index (χ1) is 11.0. The van der Waals surface area contributed by atoms with Crippen molar-refractivity contribution in [3.05, 3.63) is 75.6 Å². The Balaban J connectivity index is 1.89. The molecule has 1 aromatic heterocycles. The lowest BCUT2D eigenvalue weighted by Crippen LogP contribution is -3.06. The topological polar surface area (TPSA) is 54.9 Å². The van der Waals surface area contributed by atoms with Gasteiger partial charge in [0, 0.05) is 28.6 Å². The van der Waals surface area contributed by atoms with E-state index in [0.717, 1.165) is 17.5 Å². The summed E-state index contributed by atoms with van der Waals surface area (Å²) in [6.45, 7) is 3.70. The molecule has 4 heteroatoms. The lowest BCUT2D eigenvalue weighted by molar-refractivity contribution is -0.907. The first kappa shape index (κ1) is 15.3. The zero-order valence-corrected chi connectivity index (χ0v) is 13.3. The van der Waals surface area contributed by atoms with Crippen LogP contribution in [0.1, 0.15) is 16.7 Å². The maximum absolute atomic E-state index is 11.8. The van der Waals surface area contributed by atoms with Gasteiger partial charge in [0.05, 0.1) is 7.05 Å². The number of rotatable bonds is 4. The van der Waals surface area contributed by atoms with Gasteiger partial charge in [0.15, 0.2) is 0 Å². The molecule has 1 atom stereocenters. The predicted octanol–water partition coefficient (Wildman–Crippen LogP) is 2.02. The summed E-state index contributed by atoms with van der Waals surface area (Å²) < 4.78 is 5.18. The Labute approximate surface area is 134 Å². The molecule has 4 nitrogen and oxygen atoms in total. The summed E-state index contributed by atoms with van der Waals surface area (Å²) >= 11 is 0. The Hall–Kier alpha value is -2.59. The number of fused-ring (bicyclic) bond motifs is 1. The molecular formula is C19H20NO3+. The normalized spacial score (nSPS) is 12.4. The Bertz CT molecular complexity index is 899. The summed E-state index contributed by atoms with van der Waals surface area (Å²) in [5.41, 5.74) is 3.55. The monoisotopic (exact) mass is 310 g/mol. The molecule has 0 fully saturated rings. The average Bonchev–Trinajstić information content (AvgIpc) is 2.49. The van der Waals surface area contributed by atoms with Gasteiger partial charge in [-0.2, -0.15) is 0 Å². The van der Waals surface area contributed by atoms with E-state index in [1.807, 2.05) is 12.1 Å². The summed E-state index contributed by atoms with van der Waals surface area (Å²) in [5, 5.41) is 10.4. The van der Waals surface area contributed by atoms with Crippen LogP contribution in [0.2, 0.25) is 0 Å². The van der Waals surface area contributed by atoms with Crippen molar-refractivity contribution in [1.82, 2.24) is 0 Å². The van der Waals surface area contributed by atoms with Crippen LogP contribution in [0.4, 0.5) is 0 Å². The van der Waals surface area contributed by atoms with E-state index in [-0.39, 0.29) is 11.4 Å². The number of nitrogens with one attached hydrogen (secondary N) is 1. The molecule has 0 radical (unpaired) electrons. The molecule has 2 N–H and O–H groups in total. The maximum atomic E-state index is 11.8. The van der Waals surface area contributed by atoms with Crippen LogP contribution in [0.3, 0.4) is 0 Å². The second kappa shape index (κ2) is 6.26. The quantitative estimate of drug-likeness (QED) is 0.725. The van der Waals surface area contributed by atoms with Crippen LogP contribution in [0.15, 0.2) is 57.7 Å². The molecule has 3 rings (SSSR count). The number of quaternary nitrogens is 1. The van der Waals surface area contributed by atoms with Crippen molar-refractivity contribution in [3.8, 4) is 5.75 Å². The second-order valence-electron chi connectivity index (χ2n) is 6.01. The van der Waals surface area contributed by atoms with Crippen LogP contribution < -0.4 is 10.5 Å². The van der Waals surface area contributed by atoms with E-state index >= 15 is 0 Å². The second-order valence-corrected chi connectivity index (χ2v) is 6.01. The van der Waals surface area contributed by atoms with Gasteiger partial charge in [-0.25, -0.2) is 4.79 Å². The zero-order valence-electron chi connectivity index (χ0n) is 13.3. The third kappa shape index (κ3) is 3.43. The van der Waals surface area contributed by atoms with E-state index < -0.39 is 0 Å². The van der Waals surface area contributed by atoms with Crippen LogP contribution in [0, 0.1) is 6.92 Å². The number of benzene rings is 2. The highest BCUT2D eigenvalue weighted by atomic mass is 16.4. The Morgan fingerprint density at radius 2 is 1.78 bits per heavy atom. The van der Waals surface area contributed by atoms with Gasteiger partial charge < -0.3 is 14.4 Å². The minimum absolute atomic E-state index is 0.0958. The molecule has 0 aliphatic rings. The molecule has 1 unspecified atom stereocenters. The van der Waals surface area contributed by atoms with E-state index in [9.17, 15) is 9.90 Å². The third-order valence-electron chi connectivity index (χ3n) is 4.06. The van der Waals surface area contributed by atoms with Gasteiger partial charge in [0.1, 0.15) is 24.4 Å². The minimum atomic E-state index is -0.387. The first-order valence-electron chi connectivity index (χ1n) is 7.64. The van der Waals surface area contributed by atoms with Crippen molar-refractivity contribution < 1.29 is 14.4 Å². The van der Waals surface area contributed by atoms with Gasteiger partial charge in [-0.15, -0.1) is 0 Å². The van der Waals surface area contributed by atoms with Gasteiger partial charge in [-0.3, -0.25) is 0 Å². The van der Waals surface area contributed by atoms with Gasteiger partial charge in [0.25, 0.3) is 0 Å². The summed E-state index contributed by atoms with van der Waals surface area (Å²) in [6, 6.07) is 14.8. The van der Waals surface area contributed by atoms with Gasteiger partial charge in [0.2, 0.25) is 0 Å². The summed E-state index contributed by atoms with van der Waals surface area (Å²) in [4.78, 5) is 13.0. The van der Waals surface area contributed by atoms with Gasteiger partial charge >= 0.3 is 5.63 Å². The van der Waals surface area contributed by atoms with Crippen molar-refractivity contribution in [2.24, 2.45) is 0 Å². The van der Waals surface area contributed by atoms with E-state index in [4.69, 9.17) is 4.42 Å². The van der Waals surface area contributed by atoms with Gasteiger partial charge in [-0.1, -0.05) is 24.3 Å². The number of phenols is 1. The molecule has 0 saturated heterocycles. The Morgan fingerprint density at radius 3 is 2.57 bits per heavy atom. The van der Waals surface area contributed by atoms with Crippen molar-refractivity contribution >= 4 is 11.0 Å². The zero-order chi connectivity index (χ0) is 16.4. The SMILES string of the molecule is Cc1ccccc1C[NH+](C)Cc1cc(=O)oc2cc(O)ccc12. The standard InChI is InChI=1S/C19H19NO3/c1-13-5-3-4-6-14(13)11-20(2)12-15-9-19(22)23-18-10-16(21)7-8-17(15)18/h3-10,21H,11-12H2,1-2H3/p+1. The largest absolute Gasteiger partial charge is 0.508 e. The number of phenolic OH excluding ortho intramolecular Hbond substituents is 1. The predicted molar refractivity (Wildman–Crippen MR) is 89.6 cm³/mol. The van der Waals surface area contributed by atoms with Gasteiger partial charge in [-0.05, 0) is 24.6 Å². The highest BCUT2D eigenvalue weighted by Crippen LogP contribution is 2.21. The molecule has 1 heterocycles. The van der Waals surface area contributed by atoms with Crippen LogP contribution in [0.25, 0.3) is 11.0 Å². The fraction of sp³-hybridized carbons (Fsp3) is 0.211. The van der Waals surface area contributed by atoms with E-state index in [0.29, 0.717) is 12.1 Å². The van der Waals surface area contributed by atoms with Crippen LogP contribution in [-0.2, 0) is 13.1 Å². The molecule has 2 aromatic carbocycles. The molecular weight excluding hydrogens is 290 g/mol. The lowest BCUT2D eigenvalue weighted by Gasteiger charge is -2.16. The first-order valence-corrected chi connectivity index (χ1v) is 7.64. The molecule has 0 saturated carbocycles. The Kier molecular flexibility index (Phi) is 4.17. The van der Waals surface area contributed by atoms with Crippen LogP contribution >= 0.6 is 0 Å². The molecule has 3 aromatic rings. The molecule has 0 aliphatic heterocycles. The van der Waals surface area contributed by atoms with E-state index in [1.165, 1.54) is 22.1 Å². The molecule has 0 spiro atoms. The average molecular weight is 310 g/mol. The highest BCUT2D eigenvalue weighted by Gasteiger charge is 2.12. The maximum Gasteiger partial charge on any atom is 0.336 e. The Morgan fingerprint density at radius 1 is 1.04 bits per heavy atom. The molecule has 0 amide bonds. The number of hydrogen-bond donors (Lipinski definition) is 2. The molecule has 0 bridgehead atoms. The van der Waals surface area contributed by atoms with Crippen molar-refractivity contribution in [2.45, 2.75) is 20.0 Å². The molecule has 23 heavy (non-hydrogen) atoms. The summed E-state index contributed by atoms with van der Waals surface area (Å²) in [6.07, 6.45) is 0. The smallest absolute Gasteiger partial charge is 0.336 e. The third-order valence-corrected chi connectivity index (χ3v) is 4.06. The van der Waals surface area contributed by atoms with Crippen LogP contribution in [-0.4, -0.2) is 12.2 Å². The number of hydrogen-bond acceptors (Lipinski definition) is 3. The highest BCUT2D eigenvalue weighted by molar-refractivity contribution is 5.81. The summed E-state index contributed by atoms with van der Waals surface area (Å²) in [5.74, 6) is 0.0958. The minimum Gasteiger partial charge on any atom is -0.508 e. The van der Waals surface area contributed by atoms with Crippen molar-refractivity contribution in [1.29, 1.82) is 0 Å².